The van der Waals surface area contributed by atoms with Crippen LogP contribution < -0.4 is 14.8 Å². The van der Waals surface area contributed by atoms with E-state index in [1.807, 2.05) is 37.3 Å². The number of nitrogens with one attached hydrogen (secondary N) is 1. The summed E-state index contributed by atoms with van der Waals surface area (Å²) in [6, 6.07) is 12.6. The summed E-state index contributed by atoms with van der Waals surface area (Å²) in [6.45, 7) is 2.30. The van der Waals surface area contributed by atoms with Gasteiger partial charge in [0.05, 0.1) is 23.2 Å². The fourth-order valence-electron chi connectivity index (χ4n) is 2.23. The number of rotatable bonds is 8. The predicted molar refractivity (Wildman–Crippen MR) is 101 cm³/mol. The average molecular weight is 382 g/mol. The molecule has 25 heavy (non-hydrogen) atoms. The average Bonchev–Trinajstić information content (AvgIpc) is 2.61. The van der Waals surface area contributed by atoms with E-state index in [1.54, 1.807) is 19.2 Å². The summed E-state index contributed by atoms with van der Waals surface area (Å²) in [4.78, 5) is 12.0. The van der Waals surface area contributed by atoms with E-state index < -0.39 is 0 Å². The first-order chi connectivity index (χ1) is 12.0. The van der Waals surface area contributed by atoms with Crippen LogP contribution in [0.5, 0.6) is 11.5 Å². The molecule has 2 aromatic rings. The summed E-state index contributed by atoms with van der Waals surface area (Å²) < 4.78 is 10.8. The minimum atomic E-state index is -0.0941. The maximum absolute atomic E-state index is 12.0. The third-order valence-corrected chi connectivity index (χ3v) is 4.33. The van der Waals surface area contributed by atoms with Crippen LogP contribution >= 0.6 is 23.2 Å². The zero-order valence-corrected chi connectivity index (χ0v) is 15.7. The number of hydrogen-bond donors (Lipinski definition) is 1. The van der Waals surface area contributed by atoms with Crippen molar-refractivity contribution in [2.75, 3.05) is 13.7 Å². The first kappa shape index (κ1) is 19.4. The maximum atomic E-state index is 12.0. The summed E-state index contributed by atoms with van der Waals surface area (Å²) in [5.74, 6) is 1.48. The Hall–Kier alpha value is -1.91. The van der Waals surface area contributed by atoms with Gasteiger partial charge in [0.15, 0.2) is 0 Å². The second-order valence-corrected chi connectivity index (χ2v) is 6.52. The van der Waals surface area contributed by atoms with Crippen LogP contribution in [0.25, 0.3) is 0 Å². The minimum Gasteiger partial charge on any atom is -0.497 e. The third-order valence-electron chi connectivity index (χ3n) is 3.59. The van der Waals surface area contributed by atoms with Crippen molar-refractivity contribution >= 4 is 29.1 Å². The number of ether oxygens (including phenoxy) is 2. The molecular formula is C19H21Cl2NO3. The normalized spacial score (nSPS) is 11.7. The number of methoxy groups -OCH3 is 1. The number of halogens is 2. The number of hydrogen-bond acceptors (Lipinski definition) is 3. The van der Waals surface area contributed by atoms with Crippen molar-refractivity contribution in [2.24, 2.45) is 0 Å². The highest BCUT2D eigenvalue weighted by molar-refractivity contribution is 6.42. The van der Waals surface area contributed by atoms with Crippen LogP contribution in [-0.4, -0.2) is 25.7 Å². The van der Waals surface area contributed by atoms with Crippen LogP contribution in [-0.2, 0) is 11.2 Å². The zero-order chi connectivity index (χ0) is 18.2. The van der Waals surface area contributed by atoms with E-state index in [2.05, 4.69) is 5.32 Å². The van der Waals surface area contributed by atoms with E-state index in [0.29, 0.717) is 29.5 Å². The highest BCUT2D eigenvalue weighted by Gasteiger charge is 2.09. The van der Waals surface area contributed by atoms with Crippen LogP contribution in [0.15, 0.2) is 42.5 Å². The lowest BCUT2D eigenvalue weighted by Crippen LogP contribution is -2.36. The summed E-state index contributed by atoms with van der Waals surface area (Å²) in [5.41, 5.74) is 0.978. The van der Waals surface area contributed by atoms with Crippen LogP contribution in [0.2, 0.25) is 10.0 Å². The lowest BCUT2D eigenvalue weighted by molar-refractivity contribution is -0.121. The molecule has 6 heteroatoms. The molecule has 0 aliphatic rings. The number of benzene rings is 2. The van der Waals surface area contributed by atoms with Gasteiger partial charge in [-0.05, 0) is 55.3 Å². The second kappa shape index (κ2) is 9.54. The molecule has 2 rings (SSSR count). The molecule has 0 aliphatic carbocycles. The zero-order valence-electron chi connectivity index (χ0n) is 14.2. The Labute approximate surface area is 158 Å². The van der Waals surface area contributed by atoms with Crippen molar-refractivity contribution in [3.8, 4) is 11.5 Å². The van der Waals surface area contributed by atoms with Gasteiger partial charge in [-0.2, -0.15) is 0 Å². The topological polar surface area (TPSA) is 47.6 Å². The van der Waals surface area contributed by atoms with Crippen molar-refractivity contribution in [3.63, 3.8) is 0 Å². The number of carbonyl (C=O) groups is 1. The van der Waals surface area contributed by atoms with E-state index in [9.17, 15) is 4.79 Å². The van der Waals surface area contributed by atoms with Crippen LogP contribution in [0.3, 0.4) is 0 Å². The molecule has 1 N–H and O–H groups in total. The fourth-order valence-corrected chi connectivity index (χ4v) is 2.56. The van der Waals surface area contributed by atoms with Gasteiger partial charge in [0.25, 0.3) is 0 Å². The van der Waals surface area contributed by atoms with E-state index in [0.717, 1.165) is 17.1 Å². The van der Waals surface area contributed by atoms with Gasteiger partial charge < -0.3 is 14.8 Å². The molecule has 134 valence electrons. The minimum absolute atomic E-state index is 0.0306. The molecule has 0 saturated heterocycles. The van der Waals surface area contributed by atoms with Gasteiger partial charge in [-0.1, -0.05) is 29.3 Å². The predicted octanol–water partition coefficient (Wildman–Crippen LogP) is 4.52. The second-order valence-electron chi connectivity index (χ2n) is 5.70. The Morgan fingerprint density at radius 2 is 1.76 bits per heavy atom. The largest absolute Gasteiger partial charge is 0.497 e. The summed E-state index contributed by atoms with van der Waals surface area (Å²) >= 11 is 11.9. The number of carbonyl (C=O) groups excluding carboxylic acids is 1. The van der Waals surface area contributed by atoms with Crippen molar-refractivity contribution < 1.29 is 14.3 Å². The smallest absolute Gasteiger partial charge is 0.220 e. The molecule has 0 aromatic heterocycles. The first-order valence-corrected chi connectivity index (χ1v) is 8.73. The van der Waals surface area contributed by atoms with Crippen molar-refractivity contribution in [3.05, 3.63) is 58.1 Å². The molecule has 1 atom stereocenters. The molecule has 0 bridgehead atoms. The fraction of sp³-hybridized carbons (Fsp3) is 0.316. The molecule has 0 radical (unpaired) electrons. The highest BCUT2D eigenvalue weighted by atomic mass is 35.5. The molecule has 1 amide bonds. The van der Waals surface area contributed by atoms with Crippen molar-refractivity contribution in [1.82, 2.24) is 5.32 Å². The molecule has 2 aromatic carbocycles. The Balaban J connectivity index is 1.72. The summed E-state index contributed by atoms with van der Waals surface area (Å²) in [7, 11) is 1.62. The molecule has 0 unspecified atom stereocenters. The van der Waals surface area contributed by atoms with Gasteiger partial charge in [0, 0.05) is 6.42 Å². The third kappa shape index (κ3) is 6.48. The summed E-state index contributed by atoms with van der Waals surface area (Å²) in [6.07, 6.45) is 0.986. The van der Waals surface area contributed by atoms with E-state index >= 15 is 0 Å². The standard InChI is InChI=1S/C19H21Cl2NO3/c1-13(12-25-16-7-5-15(24-2)6-8-16)22-19(23)10-4-14-3-9-17(20)18(21)11-14/h3,5-9,11,13H,4,10,12H2,1-2H3,(H,22,23)/t13-/m1/s1. The summed E-state index contributed by atoms with van der Waals surface area (Å²) in [5, 5.41) is 3.94. The quantitative estimate of drug-likeness (QED) is 0.730. The van der Waals surface area contributed by atoms with Crippen LogP contribution in [0, 0.1) is 0 Å². The Kier molecular flexibility index (Phi) is 7.41. The molecule has 0 fully saturated rings. The van der Waals surface area contributed by atoms with Gasteiger partial charge in [0.1, 0.15) is 18.1 Å². The molecular weight excluding hydrogens is 361 g/mol. The lowest BCUT2D eigenvalue weighted by atomic mass is 10.1. The number of aryl methyl sites for hydroxylation is 1. The Morgan fingerprint density at radius 1 is 1.08 bits per heavy atom. The van der Waals surface area contributed by atoms with Crippen LogP contribution in [0.1, 0.15) is 18.9 Å². The SMILES string of the molecule is COc1ccc(OC[C@@H](C)NC(=O)CCc2ccc(Cl)c(Cl)c2)cc1. The lowest BCUT2D eigenvalue weighted by Gasteiger charge is -2.15. The van der Waals surface area contributed by atoms with E-state index in [1.165, 1.54) is 0 Å². The number of amides is 1. The maximum Gasteiger partial charge on any atom is 0.220 e. The molecule has 0 saturated carbocycles. The van der Waals surface area contributed by atoms with Gasteiger partial charge in [-0.15, -0.1) is 0 Å². The van der Waals surface area contributed by atoms with Crippen molar-refractivity contribution in [1.29, 1.82) is 0 Å². The Morgan fingerprint density at radius 3 is 2.40 bits per heavy atom. The van der Waals surface area contributed by atoms with Crippen LogP contribution in [0.4, 0.5) is 0 Å². The van der Waals surface area contributed by atoms with Gasteiger partial charge in [-0.25, -0.2) is 0 Å². The van der Waals surface area contributed by atoms with Crippen molar-refractivity contribution in [2.45, 2.75) is 25.8 Å². The highest BCUT2D eigenvalue weighted by Crippen LogP contribution is 2.23. The van der Waals surface area contributed by atoms with Gasteiger partial charge >= 0.3 is 0 Å². The van der Waals surface area contributed by atoms with E-state index in [-0.39, 0.29) is 11.9 Å². The van der Waals surface area contributed by atoms with E-state index in [4.69, 9.17) is 32.7 Å². The first-order valence-electron chi connectivity index (χ1n) is 7.98. The molecule has 0 heterocycles. The monoisotopic (exact) mass is 381 g/mol. The van der Waals surface area contributed by atoms with Gasteiger partial charge in [-0.3, -0.25) is 4.79 Å². The Bertz CT molecular complexity index is 704. The molecule has 0 spiro atoms. The molecule has 4 nitrogen and oxygen atoms in total. The molecule has 0 aliphatic heterocycles. The van der Waals surface area contributed by atoms with Gasteiger partial charge in [0.2, 0.25) is 5.91 Å².